The Morgan fingerprint density at radius 3 is 1.46 bits per heavy atom. The quantitative estimate of drug-likeness (QED) is 0.416. The maximum atomic E-state index is 5.73. The molecule has 0 bridgehead atoms. The molecule has 24 heavy (non-hydrogen) atoms. The Bertz CT molecular complexity index is 844. The molecule has 122 valence electrons. The lowest BCUT2D eigenvalue weighted by Crippen LogP contribution is -1.97. The topological polar surface area (TPSA) is 18.5 Å². The van der Waals surface area contributed by atoms with Crippen LogP contribution in [-0.2, 0) is 0 Å². The molecule has 0 N–H and O–H groups in total. The molecule has 0 unspecified atom stereocenters. The summed E-state index contributed by atoms with van der Waals surface area (Å²) in [7, 11) is 0. The van der Waals surface area contributed by atoms with E-state index in [1.807, 2.05) is 26.0 Å². The molecule has 0 aromatic heterocycles. The van der Waals surface area contributed by atoms with E-state index in [-0.39, 0.29) is 0 Å². The summed E-state index contributed by atoms with van der Waals surface area (Å²) in [5, 5.41) is 4.69. The van der Waals surface area contributed by atoms with Crippen molar-refractivity contribution in [1.82, 2.24) is 0 Å². The van der Waals surface area contributed by atoms with Gasteiger partial charge in [0, 0.05) is 0 Å². The smallest absolute Gasteiger partial charge is 0.120 e. The van der Waals surface area contributed by atoms with Crippen molar-refractivity contribution in [1.29, 1.82) is 0 Å². The monoisotopic (exact) mass is 318 g/mol. The minimum atomic E-state index is 0.544. The van der Waals surface area contributed by atoms with Crippen molar-refractivity contribution in [3.05, 3.63) is 72.8 Å². The highest BCUT2D eigenvalue weighted by atomic mass is 16.5. The van der Waals surface area contributed by atoms with Crippen molar-refractivity contribution in [3.8, 4) is 11.5 Å². The molecular formula is C22H22O2. The highest BCUT2D eigenvalue weighted by molar-refractivity contribution is 5.99. The van der Waals surface area contributed by atoms with Gasteiger partial charge in [-0.2, -0.15) is 0 Å². The van der Waals surface area contributed by atoms with Crippen molar-refractivity contribution in [2.75, 3.05) is 13.2 Å². The van der Waals surface area contributed by atoms with Crippen molar-refractivity contribution in [3.63, 3.8) is 0 Å². The highest BCUT2D eigenvalue weighted by Crippen LogP contribution is 2.29. The van der Waals surface area contributed by atoms with E-state index in [1.54, 1.807) is 0 Å². The van der Waals surface area contributed by atoms with Gasteiger partial charge in [-0.25, -0.2) is 0 Å². The number of benzene rings is 3. The zero-order valence-corrected chi connectivity index (χ0v) is 14.3. The van der Waals surface area contributed by atoms with Crippen LogP contribution in [-0.4, -0.2) is 13.2 Å². The molecular weight excluding hydrogens is 296 g/mol. The highest BCUT2D eigenvalue weighted by Gasteiger charge is 2.03. The Morgan fingerprint density at radius 1 is 0.667 bits per heavy atom. The second-order valence-corrected chi connectivity index (χ2v) is 6.36. The third kappa shape index (κ3) is 3.77. The molecule has 2 heteroatoms. The molecule has 0 aliphatic carbocycles. The van der Waals surface area contributed by atoms with Crippen molar-refractivity contribution >= 4 is 21.5 Å². The molecule has 0 saturated heterocycles. The summed E-state index contributed by atoms with van der Waals surface area (Å²) >= 11 is 0. The van der Waals surface area contributed by atoms with Crippen LogP contribution in [0.25, 0.3) is 21.5 Å². The van der Waals surface area contributed by atoms with E-state index >= 15 is 0 Å². The van der Waals surface area contributed by atoms with Crippen LogP contribution in [0.5, 0.6) is 11.5 Å². The standard InChI is InChI=1S/C22H22O2/c1-15(2)13-23-21-7-5-17-10-20-12-22(24-14-16(3)4)8-6-18(20)9-19(17)11-21/h5-12H,1,3,13-14H2,2,4H3. The first kappa shape index (κ1) is 16.1. The molecule has 3 rings (SSSR count). The fraction of sp³-hybridized carbons (Fsp3) is 0.182. The van der Waals surface area contributed by atoms with Gasteiger partial charge in [-0.15, -0.1) is 0 Å². The predicted octanol–water partition coefficient (Wildman–Crippen LogP) is 5.90. The zero-order valence-electron chi connectivity index (χ0n) is 14.3. The van der Waals surface area contributed by atoms with E-state index in [2.05, 4.69) is 49.6 Å². The summed E-state index contributed by atoms with van der Waals surface area (Å²) in [5.41, 5.74) is 2.02. The Morgan fingerprint density at radius 2 is 1.08 bits per heavy atom. The summed E-state index contributed by atoms with van der Waals surface area (Å²) in [6.45, 7) is 12.7. The molecule has 0 saturated carbocycles. The summed E-state index contributed by atoms with van der Waals surface area (Å²) in [6.07, 6.45) is 0. The third-order valence-corrected chi connectivity index (χ3v) is 3.71. The molecule has 0 fully saturated rings. The molecule has 3 aromatic rings. The van der Waals surface area contributed by atoms with Gasteiger partial charge in [0.2, 0.25) is 0 Å². The van der Waals surface area contributed by atoms with Crippen LogP contribution in [0.4, 0.5) is 0 Å². The maximum Gasteiger partial charge on any atom is 0.120 e. The van der Waals surface area contributed by atoms with Gasteiger partial charge < -0.3 is 9.47 Å². The second-order valence-electron chi connectivity index (χ2n) is 6.36. The van der Waals surface area contributed by atoms with Crippen molar-refractivity contribution < 1.29 is 9.47 Å². The van der Waals surface area contributed by atoms with E-state index in [0.29, 0.717) is 13.2 Å². The Balaban J connectivity index is 1.93. The van der Waals surface area contributed by atoms with E-state index in [9.17, 15) is 0 Å². The number of ether oxygens (including phenoxy) is 2. The molecule has 0 aliphatic heterocycles. The first-order valence-corrected chi connectivity index (χ1v) is 8.03. The lowest BCUT2D eigenvalue weighted by molar-refractivity contribution is 0.353. The lowest BCUT2D eigenvalue weighted by atomic mass is 10.0. The Kier molecular flexibility index (Phi) is 4.57. The van der Waals surface area contributed by atoms with Gasteiger partial charge in [-0.3, -0.25) is 0 Å². The number of hydrogen-bond donors (Lipinski definition) is 0. The summed E-state index contributed by atoms with van der Waals surface area (Å²) in [5.74, 6) is 1.73. The first-order chi connectivity index (χ1) is 11.5. The summed E-state index contributed by atoms with van der Waals surface area (Å²) < 4.78 is 11.5. The predicted molar refractivity (Wildman–Crippen MR) is 102 cm³/mol. The number of fused-ring (bicyclic) bond motifs is 2. The largest absolute Gasteiger partial charge is 0.489 e. The van der Waals surface area contributed by atoms with Crippen LogP contribution in [0.3, 0.4) is 0 Å². The molecule has 0 heterocycles. The third-order valence-electron chi connectivity index (χ3n) is 3.71. The van der Waals surface area contributed by atoms with Crippen LogP contribution in [0.1, 0.15) is 13.8 Å². The summed E-state index contributed by atoms with van der Waals surface area (Å²) in [4.78, 5) is 0. The lowest BCUT2D eigenvalue weighted by Gasteiger charge is -2.10. The van der Waals surface area contributed by atoms with E-state index < -0.39 is 0 Å². The minimum Gasteiger partial charge on any atom is -0.489 e. The van der Waals surface area contributed by atoms with Gasteiger partial charge in [-0.05, 0) is 82.9 Å². The van der Waals surface area contributed by atoms with Crippen LogP contribution in [0.2, 0.25) is 0 Å². The fourth-order valence-corrected chi connectivity index (χ4v) is 2.55. The molecule has 2 nitrogen and oxygen atoms in total. The molecule has 0 spiro atoms. The number of rotatable bonds is 6. The molecule has 0 aliphatic rings. The van der Waals surface area contributed by atoms with Crippen LogP contribution in [0, 0.1) is 0 Å². The summed E-state index contributed by atoms with van der Waals surface area (Å²) in [6, 6.07) is 16.7. The van der Waals surface area contributed by atoms with E-state index in [1.165, 1.54) is 10.8 Å². The SMILES string of the molecule is C=C(C)COc1ccc2cc3cc(OCC(=C)C)ccc3cc2c1. The van der Waals surface area contributed by atoms with Gasteiger partial charge in [0.1, 0.15) is 24.7 Å². The fourth-order valence-electron chi connectivity index (χ4n) is 2.55. The van der Waals surface area contributed by atoms with Crippen LogP contribution < -0.4 is 9.47 Å². The average molecular weight is 318 g/mol. The number of hydrogen-bond acceptors (Lipinski definition) is 2. The minimum absolute atomic E-state index is 0.544. The van der Waals surface area contributed by atoms with Crippen LogP contribution >= 0.6 is 0 Å². The Hall–Kier alpha value is -2.74. The normalized spacial score (nSPS) is 10.8. The van der Waals surface area contributed by atoms with E-state index in [4.69, 9.17) is 9.47 Å². The van der Waals surface area contributed by atoms with Gasteiger partial charge in [0.05, 0.1) is 0 Å². The zero-order chi connectivity index (χ0) is 17.1. The molecule has 0 amide bonds. The maximum absolute atomic E-state index is 5.73. The first-order valence-electron chi connectivity index (χ1n) is 8.03. The van der Waals surface area contributed by atoms with Gasteiger partial charge in [-0.1, -0.05) is 25.3 Å². The molecule has 0 radical (unpaired) electrons. The van der Waals surface area contributed by atoms with Crippen molar-refractivity contribution in [2.45, 2.75) is 13.8 Å². The van der Waals surface area contributed by atoms with Crippen molar-refractivity contribution in [2.24, 2.45) is 0 Å². The second kappa shape index (κ2) is 6.79. The molecule has 0 atom stereocenters. The van der Waals surface area contributed by atoms with Gasteiger partial charge in [0.25, 0.3) is 0 Å². The van der Waals surface area contributed by atoms with Gasteiger partial charge in [0.15, 0.2) is 0 Å². The molecule has 3 aromatic carbocycles. The van der Waals surface area contributed by atoms with E-state index in [0.717, 1.165) is 33.4 Å². The van der Waals surface area contributed by atoms with Crippen LogP contribution in [0.15, 0.2) is 72.8 Å². The van der Waals surface area contributed by atoms with Gasteiger partial charge >= 0.3 is 0 Å². The average Bonchev–Trinajstić information content (AvgIpc) is 2.56. The Labute approximate surface area is 143 Å².